The van der Waals surface area contributed by atoms with E-state index in [4.69, 9.17) is 4.74 Å². The van der Waals surface area contributed by atoms with Gasteiger partial charge in [0.1, 0.15) is 11.4 Å². The van der Waals surface area contributed by atoms with Crippen molar-refractivity contribution in [2.24, 2.45) is 0 Å². The van der Waals surface area contributed by atoms with Gasteiger partial charge < -0.3 is 8.92 Å². The molecule has 0 unspecified atom stereocenters. The van der Waals surface area contributed by atoms with E-state index < -0.39 is 33.1 Å². The molecule has 0 radical (unpaired) electrons. The Hall–Kier alpha value is -1.97. The summed E-state index contributed by atoms with van der Waals surface area (Å²) < 4.78 is 66.9. The number of nitrogens with one attached hydrogen (secondary N) is 1. The molecule has 0 aliphatic heterocycles. The minimum atomic E-state index is -5.72. The van der Waals surface area contributed by atoms with Gasteiger partial charge in [-0.3, -0.25) is 5.32 Å². The predicted octanol–water partition coefficient (Wildman–Crippen LogP) is 3.26. The van der Waals surface area contributed by atoms with E-state index in [1.807, 2.05) is 0 Å². The lowest BCUT2D eigenvalue weighted by Gasteiger charge is -2.19. The lowest BCUT2D eigenvalue weighted by molar-refractivity contribution is -0.0500. The summed E-state index contributed by atoms with van der Waals surface area (Å²) in [5, 5.41) is 2.33. The Balaban J connectivity index is 2.74. The molecule has 0 heterocycles. The normalized spacial score (nSPS) is 12.6. The second-order valence-corrected chi connectivity index (χ2v) is 6.67. The fraction of sp³-hybridized carbons (Fsp3) is 0.417. The third-order valence-corrected chi connectivity index (χ3v) is 2.97. The highest BCUT2D eigenvalue weighted by atomic mass is 32.2. The second kappa shape index (κ2) is 6.03. The Morgan fingerprint density at radius 1 is 1.09 bits per heavy atom. The molecule has 0 aliphatic carbocycles. The number of carbonyl (C=O) groups excluding carboxylic acids is 1. The standard InChI is InChI=1S/C12H14F3NO5S/c1-11(2,3)20-10(17)16-8-4-6-9(7-5-8)21-22(18,19)12(13,14)15/h4-7H,1-3H3,(H,16,17). The van der Waals surface area contributed by atoms with Gasteiger partial charge >= 0.3 is 21.7 Å². The van der Waals surface area contributed by atoms with E-state index in [9.17, 15) is 26.4 Å². The van der Waals surface area contributed by atoms with Crippen LogP contribution in [0.3, 0.4) is 0 Å². The van der Waals surface area contributed by atoms with Crippen molar-refractivity contribution in [3.63, 3.8) is 0 Å². The first-order valence-electron chi connectivity index (χ1n) is 5.91. The summed E-state index contributed by atoms with van der Waals surface area (Å²) in [4.78, 5) is 11.5. The Bertz CT molecular complexity index is 632. The zero-order valence-corrected chi connectivity index (χ0v) is 12.7. The quantitative estimate of drug-likeness (QED) is 0.674. The Morgan fingerprint density at radius 3 is 2.00 bits per heavy atom. The van der Waals surface area contributed by atoms with Gasteiger partial charge in [0.2, 0.25) is 0 Å². The van der Waals surface area contributed by atoms with Crippen LogP contribution in [0.5, 0.6) is 5.75 Å². The topological polar surface area (TPSA) is 81.7 Å². The third-order valence-electron chi connectivity index (χ3n) is 1.99. The molecular formula is C12H14F3NO5S. The van der Waals surface area contributed by atoms with E-state index >= 15 is 0 Å². The molecule has 1 aromatic carbocycles. The average molecular weight is 341 g/mol. The maximum Gasteiger partial charge on any atom is 0.534 e. The SMILES string of the molecule is CC(C)(C)OC(=O)Nc1ccc(OS(=O)(=O)C(F)(F)F)cc1. The van der Waals surface area contributed by atoms with Crippen LogP contribution in [0.25, 0.3) is 0 Å². The summed E-state index contributed by atoms with van der Waals surface area (Å²) in [7, 11) is -5.72. The van der Waals surface area contributed by atoms with Crippen LogP contribution in [0.2, 0.25) is 0 Å². The van der Waals surface area contributed by atoms with Crippen LogP contribution in [-0.2, 0) is 14.9 Å². The monoisotopic (exact) mass is 341 g/mol. The van der Waals surface area contributed by atoms with Gasteiger partial charge in [-0.2, -0.15) is 21.6 Å². The van der Waals surface area contributed by atoms with Crippen molar-refractivity contribution in [3.05, 3.63) is 24.3 Å². The van der Waals surface area contributed by atoms with E-state index in [1.165, 1.54) is 12.1 Å². The summed E-state index contributed by atoms with van der Waals surface area (Å²) in [5.74, 6) is -0.535. The molecule has 0 fully saturated rings. The lowest BCUT2D eigenvalue weighted by Crippen LogP contribution is -2.28. The molecule has 10 heteroatoms. The van der Waals surface area contributed by atoms with E-state index in [-0.39, 0.29) is 5.69 Å². The van der Waals surface area contributed by atoms with Gasteiger partial charge in [-0.15, -0.1) is 0 Å². The zero-order chi connectivity index (χ0) is 17.2. The van der Waals surface area contributed by atoms with Crippen LogP contribution in [0, 0.1) is 0 Å². The Morgan fingerprint density at radius 2 is 1.59 bits per heavy atom. The maximum absolute atomic E-state index is 12.1. The highest BCUT2D eigenvalue weighted by Crippen LogP contribution is 2.27. The number of rotatable bonds is 3. The van der Waals surface area contributed by atoms with Crippen LogP contribution < -0.4 is 9.50 Å². The molecule has 0 saturated carbocycles. The molecule has 6 nitrogen and oxygen atoms in total. The van der Waals surface area contributed by atoms with E-state index in [0.717, 1.165) is 12.1 Å². The van der Waals surface area contributed by atoms with Gasteiger partial charge in [0.05, 0.1) is 0 Å². The van der Waals surface area contributed by atoms with Crippen molar-refractivity contribution in [1.29, 1.82) is 0 Å². The number of ether oxygens (including phenoxy) is 1. The molecule has 1 aromatic rings. The summed E-state index contributed by atoms with van der Waals surface area (Å²) in [5.41, 5.74) is -6.03. The average Bonchev–Trinajstić information content (AvgIpc) is 2.27. The summed E-state index contributed by atoms with van der Waals surface area (Å²) in [6.45, 7) is 4.97. The molecule has 0 bridgehead atoms. The van der Waals surface area contributed by atoms with Crippen molar-refractivity contribution >= 4 is 21.9 Å². The minimum absolute atomic E-state index is 0.200. The first-order chi connectivity index (χ1) is 9.80. The van der Waals surface area contributed by atoms with Crippen molar-refractivity contribution < 1.29 is 35.3 Å². The zero-order valence-electron chi connectivity index (χ0n) is 11.9. The van der Waals surface area contributed by atoms with Crippen LogP contribution in [-0.4, -0.2) is 25.6 Å². The predicted molar refractivity (Wildman–Crippen MR) is 71.9 cm³/mol. The maximum atomic E-state index is 12.1. The van der Waals surface area contributed by atoms with E-state index in [0.29, 0.717) is 0 Å². The number of benzene rings is 1. The summed E-state index contributed by atoms with van der Waals surface area (Å²) >= 11 is 0. The molecule has 1 rings (SSSR count). The summed E-state index contributed by atoms with van der Waals surface area (Å²) in [6, 6.07) is 4.28. The number of carbonyl (C=O) groups is 1. The highest BCUT2D eigenvalue weighted by Gasteiger charge is 2.48. The molecule has 0 saturated heterocycles. The first kappa shape index (κ1) is 18.1. The molecular weight excluding hydrogens is 327 g/mol. The van der Waals surface area contributed by atoms with Crippen LogP contribution in [0.15, 0.2) is 24.3 Å². The van der Waals surface area contributed by atoms with Crippen molar-refractivity contribution in [3.8, 4) is 5.75 Å². The highest BCUT2D eigenvalue weighted by molar-refractivity contribution is 7.87. The van der Waals surface area contributed by atoms with Crippen LogP contribution >= 0.6 is 0 Å². The molecule has 0 atom stereocenters. The molecule has 1 amide bonds. The molecule has 1 N–H and O–H groups in total. The van der Waals surface area contributed by atoms with Crippen molar-refractivity contribution in [1.82, 2.24) is 0 Å². The van der Waals surface area contributed by atoms with Gasteiger partial charge in [0.15, 0.2) is 0 Å². The van der Waals surface area contributed by atoms with Crippen molar-refractivity contribution in [2.45, 2.75) is 31.9 Å². The van der Waals surface area contributed by atoms with Crippen LogP contribution in [0.4, 0.5) is 23.7 Å². The Kier molecular flexibility index (Phi) is 4.96. The lowest BCUT2D eigenvalue weighted by atomic mass is 10.2. The molecule has 0 spiro atoms. The van der Waals surface area contributed by atoms with E-state index in [1.54, 1.807) is 20.8 Å². The smallest absolute Gasteiger partial charge is 0.444 e. The molecule has 0 aromatic heterocycles. The Labute approximate surface area is 125 Å². The number of anilines is 1. The van der Waals surface area contributed by atoms with Crippen molar-refractivity contribution in [2.75, 3.05) is 5.32 Å². The fourth-order valence-corrected chi connectivity index (χ4v) is 1.65. The molecule has 124 valence electrons. The van der Waals surface area contributed by atoms with Crippen LogP contribution in [0.1, 0.15) is 20.8 Å². The summed E-state index contributed by atoms with van der Waals surface area (Å²) in [6.07, 6.45) is -0.760. The van der Waals surface area contributed by atoms with Gasteiger partial charge in [-0.1, -0.05) is 0 Å². The number of hydrogen-bond donors (Lipinski definition) is 1. The van der Waals surface area contributed by atoms with Gasteiger partial charge in [-0.05, 0) is 45.0 Å². The molecule has 22 heavy (non-hydrogen) atoms. The third kappa shape index (κ3) is 5.43. The second-order valence-electron chi connectivity index (χ2n) is 5.13. The first-order valence-corrected chi connectivity index (χ1v) is 7.32. The largest absolute Gasteiger partial charge is 0.534 e. The fourth-order valence-electron chi connectivity index (χ4n) is 1.19. The number of amides is 1. The van der Waals surface area contributed by atoms with Gasteiger partial charge in [0, 0.05) is 5.69 Å². The minimum Gasteiger partial charge on any atom is -0.444 e. The van der Waals surface area contributed by atoms with Gasteiger partial charge in [-0.25, -0.2) is 4.79 Å². The van der Waals surface area contributed by atoms with Gasteiger partial charge in [0.25, 0.3) is 0 Å². The number of alkyl halides is 3. The van der Waals surface area contributed by atoms with E-state index in [2.05, 4.69) is 9.50 Å². The number of hydrogen-bond acceptors (Lipinski definition) is 5. The molecule has 0 aliphatic rings. The number of halogens is 3.